The van der Waals surface area contributed by atoms with E-state index in [2.05, 4.69) is 40.4 Å². The third-order valence-electron chi connectivity index (χ3n) is 4.76. The van der Waals surface area contributed by atoms with Gasteiger partial charge >= 0.3 is 0 Å². The van der Waals surface area contributed by atoms with Gasteiger partial charge in [-0.3, -0.25) is 5.43 Å². The Balaban J connectivity index is 1.54. The van der Waals surface area contributed by atoms with Crippen molar-refractivity contribution in [2.45, 2.75) is 12.1 Å². The number of methoxy groups -OCH3 is 2. The third kappa shape index (κ3) is 4.58. The van der Waals surface area contributed by atoms with Gasteiger partial charge in [0, 0.05) is 32.7 Å². The van der Waals surface area contributed by atoms with Crippen LogP contribution >= 0.6 is 0 Å². The predicted molar refractivity (Wildman–Crippen MR) is 99.4 cm³/mol. The second-order valence-corrected chi connectivity index (χ2v) is 6.33. The number of nitrogens with one attached hydrogen (secondary N) is 3. The summed E-state index contributed by atoms with van der Waals surface area (Å²) in [7, 11) is 3.45. The lowest BCUT2D eigenvalue weighted by atomic mass is 9.94. The topological polar surface area (TPSA) is 54.5 Å². The Kier molecular flexibility index (Phi) is 6.42. The van der Waals surface area contributed by atoms with Crippen LogP contribution in [0.3, 0.4) is 0 Å². The molecule has 0 aromatic heterocycles. The maximum absolute atomic E-state index is 5.63. The lowest BCUT2D eigenvalue weighted by Gasteiger charge is -2.22. The van der Waals surface area contributed by atoms with Gasteiger partial charge in [0.15, 0.2) is 0 Å². The predicted octanol–water partition coefficient (Wildman–Crippen LogP) is 2.44. The summed E-state index contributed by atoms with van der Waals surface area (Å²) >= 11 is 0. The van der Waals surface area contributed by atoms with E-state index in [9.17, 15) is 0 Å². The Labute approximate surface area is 149 Å². The van der Waals surface area contributed by atoms with Gasteiger partial charge in [0.25, 0.3) is 0 Å². The fourth-order valence-electron chi connectivity index (χ4n) is 3.30. The molecule has 1 aliphatic rings. The highest BCUT2D eigenvalue weighted by Crippen LogP contribution is 2.26. The normalized spacial score (nSPS) is 21.2. The largest absolute Gasteiger partial charge is 0.497 e. The Bertz CT molecular complexity index is 633. The molecule has 1 aliphatic heterocycles. The van der Waals surface area contributed by atoms with Crippen LogP contribution in [0.4, 0.5) is 0 Å². The van der Waals surface area contributed by atoms with Crippen molar-refractivity contribution in [2.24, 2.45) is 5.92 Å². The van der Waals surface area contributed by atoms with Crippen LogP contribution in [0.15, 0.2) is 54.6 Å². The van der Waals surface area contributed by atoms with Crippen LogP contribution in [-0.2, 0) is 4.74 Å². The van der Waals surface area contributed by atoms with Gasteiger partial charge in [-0.2, -0.15) is 0 Å². The minimum atomic E-state index is 0.0722. The van der Waals surface area contributed by atoms with Gasteiger partial charge in [0.1, 0.15) is 5.75 Å². The van der Waals surface area contributed by atoms with E-state index in [1.54, 1.807) is 14.2 Å². The van der Waals surface area contributed by atoms with Crippen LogP contribution in [0.25, 0.3) is 0 Å². The van der Waals surface area contributed by atoms with Crippen LogP contribution in [0.5, 0.6) is 5.75 Å². The fourth-order valence-corrected chi connectivity index (χ4v) is 3.30. The van der Waals surface area contributed by atoms with Crippen LogP contribution in [0.2, 0.25) is 0 Å². The highest BCUT2D eigenvalue weighted by molar-refractivity contribution is 5.30. The van der Waals surface area contributed by atoms with Crippen molar-refractivity contribution in [1.29, 1.82) is 0 Å². The molecule has 25 heavy (non-hydrogen) atoms. The number of rotatable bonds is 8. The molecule has 5 nitrogen and oxygen atoms in total. The van der Waals surface area contributed by atoms with Crippen LogP contribution in [-0.4, -0.2) is 33.9 Å². The molecule has 0 saturated carbocycles. The van der Waals surface area contributed by atoms with Gasteiger partial charge in [-0.05, 0) is 23.3 Å². The van der Waals surface area contributed by atoms with Crippen molar-refractivity contribution in [3.63, 3.8) is 0 Å². The first-order chi connectivity index (χ1) is 12.3. The highest BCUT2D eigenvalue weighted by atomic mass is 16.5. The van der Waals surface area contributed by atoms with Crippen molar-refractivity contribution in [2.75, 3.05) is 33.9 Å². The molecule has 3 atom stereocenters. The maximum Gasteiger partial charge on any atom is 0.118 e. The Hall–Kier alpha value is -1.92. The van der Waals surface area contributed by atoms with Gasteiger partial charge in [0.2, 0.25) is 0 Å². The van der Waals surface area contributed by atoms with E-state index in [0.29, 0.717) is 5.92 Å². The van der Waals surface area contributed by atoms with E-state index in [4.69, 9.17) is 9.47 Å². The molecule has 2 aromatic rings. The van der Waals surface area contributed by atoms with Crippen LogP contribution in [0.1, 0.15) is 23.3 Å². The first kappa shape index (κ1) is 17.9. The summed E-state index contributed by atoms with van der Waals surface area (Å²) < 4.78 is 10.9. The molecule has 3 unspecified atom stereocenters. The molecule has 1 fully saturated rings. The number of hydrogen-bond acceptors (Lipinski definition) is 5. The van der Waals surface area contributed by atoms with Crippen molar-refractivity contribution in [3.05, 3.63) is 65.7 Å². The summed E-state index contributed by atoms with van der Waals surface area (Å²) in [6.45, 7) is 2.66. The zero-order valence-corrected chi connectivity index (χ0v) is 14.9. The van der Waals surface area contributed by atoms with Crippen LogP contribution < -0.4 is 20.9 Å². The molecule has 0 radical (unpaired) electrons. The number of hydrazine groups is 1. The molecule has 0 bridgehead atoms. The minimum absolute atomic E-state index is 0.0722. The van der Waals surface area contributed by atoms with E-state index >= 15 is 0 Å². The van der Waals surface area contributed by atoms with Crippen molar-refractivity contribution in [1.82, 2.24) is 16.2 Å². The van der Waals surface area contributed by atoms with E-state index in [-0.39, 0.29) is 12.1 Å². The van der Waals surface area contributed by atoms with E-state index < -0.39 is 0 Å². The molecule has 0 amide bonds. The second kappa shape index (κ2) is 8.97. The van der Waals surface area contributed by atoms with Crippen molar-refractivity contribution < 1.29 is 9.47 Å². The molecular weight excluding hydrogens is 314 g/mol. The fraction of sp³-hybridized carbons (Fsp3) is 0.400. The zero-order valence-electron chi connectivity index (χ0n) is 14.9. The smallest absolute Gasteiger partial charge is 0.118 e. The monoisotopic (exact) mass is 341 g/mol. The molecular formula is C20H27N3O2. The molecule has 1 saturated heterocycles. The summed E-state index contributed by atoms with van der Waals surface area (Å²) in [5.74, 6) is 1.36. The molecule has 2 aromatic carbocycles. The van der Waals surface area contributed by atoms with E-state index in [1.165, 1.54) is 11.1 Å². The van der Waals surface area contributed by atoms with E-state index in [0.717, 1.165) is 25.4 Å². The summed E-state index contributed by atoms with van der Waals surface area (Å²) in [6, 6.07) is 18.9. The first-order valence-electron chi connectivity index (χ1n) is 8.72. The molecule has 3 rings (SSSR count). The number of ether oxygens (including phenoxy) is 2. The minimum Gasteiger partial charge on any atom is -0.497 e. The highest BCUT2D eigenvalue weighted by Gasteiger charge is 2.28. The Morgan fingerprint density at radius 2 is 1.84 bits per heavy atom. The molecule has 134 valence electrons. The SMILES string of the molecule is COc1ccc(C2NNCC2CNCC(OC)c2ccccc2)cc1. The van der Waals surface area contributed by atoms with E-state index in [1.807, 2.05) is 30.3 Å². The number of benzene rings is 2. The average Bonchev–Trinajstić information content (AvgIpc) is 3.14. The summed E-state index contributed by atoms with van der Waals surface area (Å²) in [4.78, 5) is 0. The van der Waals surface area contributed by atoms with Crippen molar-refractivity contribution >= 4 is 0 Å². The Morgan fingerprint density at radius 3 is 2.52 bits per heavy atom. The lowest BCUT2D eigenvalue weighted by Crippen LogP contribution is -2.31. The maximum atomic E-state index is 5.63. The van der Waals surface area contributed by atoms with Gasteiger partial charge in [0.05, 0.1) is 19.3 Å². The molecule has 5 heteroatoms. The van der Waals surface area contributed by atoms with Crippen molar-refractivity contribution in [3.8, 4) is 5.75 Å². The summed E-state index contributed by atoms with van der Waals surface area (Å²) in [5.41, 5.74) is 9.13. The molecule has 0 spiro atoms. The number of hydrogen-bond donors (Lipinski definition) is 3. The molecule has 3 N–H and O–H groups in total. The first-order valence-corrected chi connectivity index (χ1v) is 8.72. The second-order valence-electron chi connectivity index (χ2n) is 6.33. The molecule has 0 aliphatic carbocycles. The van der Waals surface area contributed by atoms with Gasteiger partial charge in [-0.25, -0.2) is 5.43 Å². The zero-order chi connectivity index (χ0) is 17.5. The van der Waals surface area contributed by atoms with Gasteiger partial charge in [-0.15, -0.1) is 0 Å². The van der Waals surface area contributed by atoms with Gasteiger partial charge < -0.3 is 14.8 Å². The Morgan fingerprint density at radius 1 is 1.08 bits per heavy atom. The third-order valence-corrected chi connectivity index (χ3v) is 4.76. The quantitative estimate of drug-likeness (QED) is 0.689. The van der Waals surface area contributed by atoms with Gasteiger partial charge in [-0.1, -0.05) is 42.5 Å². The summed E-state index contributed by atoms with van der Waals surface area (Å²) in [5, 5.41) is 3.57. The summed E-state index contributed by atoms with van der Waals surface area (Å²) in [6.07, 6.45) is 0.0722. The van der Waals surface area contributed by atoms with Crippen LogP contribution in [0, 0.1) is 5.92 Å². The average molecular weight is 341 g/mol. The molecule has 1 heterocycles. The standard InChI is InChI=1S/C20H27N3O2/c1-24-18-10-8-16(9-11-18)20-17(13-22-23-20)12-21-14-19(25-2)15-6-4-3-5-7-15/h3-11,17,19-23H,12-14H2,1-2H3. The lowest BCUT2D eigenvalue weighted by molar-refractivity contribution is 0.101.